The molecule has 2 aromatic heterocycles. The van der Waals surface area contributed by atoms with Crippen LogP contribution in [-0.4, -0.2) is 20.4 Å². The molecule has 0 saturated carbocycles. The second kappa shape index (κ2) is 6.06. The lowest BCUT2D eigenvalue weighted by Gasteiger charge is -2.27. The van der Waals surface area contributed by atoms with E-state index in [1.54, 1.807) is 24.5 Å². The number of nitrogens with zero attached hydrogens (tertiary/aromatic N) is 4. The van der Waals surface area contributed by atoms with Crippen molar-refractivity contribution in [2.75, 3.05) is 10.2 Å². The van der Waals surface area contributed by atoms with Crippen molar-refractivity contribution in [3.63, 3.8) is 0 Å². The lowest BCUT2D eigenvalue weighted by molar-refractivity contribution is -0.137. The van der Waals surface area contributed by atoms with Gasteiger partial charge in [-0.3, -0.25) is 9.88 Å². The zero-order valence-electron chi connectivity index (χ0n) is 13.0. The SMILES string of the molecule is O=C1Nc2cc(C(F)(F)F)ccc2CN1c1nc(-c2ccncc2)ns1. The Hall–Kier alpha value is -3.01. The Morgan fingerprint density at radius 3 is 2.65 bits per heavy atom. The molecular weight excluding hydrogens is 367 g/mol. The highest BCUT2D eigenvalue weighted by molar-refractivity contribution is 7.10. The molecule has 3 heterocycles. The number of hydrogen-bond acceptors (Lipinski definition) is 5. The lowest BCUT2D eigenvalue weighted by atomic mass is 10.1. The standard InChI is InChI=1S/C16H10F3N5OS/c17-16(18,19)11-2-1-10-8-24(14(25)21-12(10)7-11)15-22-13(23-26-15)9-3-5-20-6-4-9/h1-7H,8H2,(H,21,25). The molecule has 1 aliphatic rings. The summed E-state index contributed by atoms with van der Waals surface area (Å²) < 4.78 is 42.7. The molecule has 26 heavy (non-hydrogen) atoms. The van der Waals surface area contributed by atoms with Crippen LogP contribution in [-0.2, 0) is 12.7 Å². The van der Waals surface area contributed by atoms with Gasteiger partial charge in [0.2, 0.25) is 5.13 Å². The molecule has 0 bridgehead atoms. The van der Waals surface area contributed by atoms with Crippen LogP contribution in [0, 0.1) is 0 Å². The minimum absolute atomic E-state index is 0.115. The zero-order valence-corrected chi connectivity index (χ0v) is 13.8. The van der Waals surface area contributed by atoms with Gasteiger partial charge in [-0.05, 0) is 29.8 Å². The third-order valence-corrected chi connectivity index (χ3v) is 4.58. The number of amides is 2. The maximum atomic E-state index is 12.8. The molecule has 132 valence electrons. The molecule has 2 amide bonds. The van der Waals surface area contributed by atoms with E-state index >= 15 is 0 Å². The molecule has 1 aromatic carbocycles. The van der Waals surface area contributed by atoms with Crippen molar-refractivity contribution in [3.8, 4) is 11.4 Å². The fourth-order valence-corrected chi connectivity index (χ4v) is 3.22. The van der Waals surface area contributed by atoms with E-state index in [1.165, 1.54) is 11.0 Å². The molecule has 0 atom stereocenters. The van der Waals surface area contributed by atoms with Gasteiger partial charge in [0.05, 0.1) is 12.1 Å². The van der Waals surface area contributed by atoms with Crippen LogP contribution in [0.4, 0.5) is 28.8 Å². The van der Waals surface area contributed by atoms with Crippen molar-refractivity contribution in [2.24, 2.45) is 0 Å². The molecule has 0 saturated heterocycles. The summed E-state index contributed by atoms with van der Waals surface area (Å²) in [7, 11) is 0. The first-order chi connectivity index (χ1) is 12.4. The molecule has 1 N–H and O–H groups in total. The molecule has 6 nitrogen and oxygen atoms in total. The maximum Gasteiger partial charge on any atom is 0.416 e. The zero-order chi connectivity index (χ0) is 18.3. The molecule has 4 rings (SSSR count). The van der Waals surface area contributed by atoms with E-state index < -0.39 is 17.8 Å². The first kappa shape index (κ1) is 16.5. The topological polar surface area (TPSA) is 71.0 Å². The van der Waals surface area contributed by atoms with E-state index in [-0.39, 0.29) is 12.2 Å². The van der Waals surface area contributed by atoms with Gasteiger partial charge in [-0.2, -0.15) is 22.5 Å². The number of benzene rings is 1. The van der Waals surface area contributed by atoms with Crippen molar-refractivity contribution in [1.82, 2.24) is 14.3 Å². The molecule has 1 aliphatic heterocycles. The second-order valence-electron chi connectivity index (χ2n) is 5.52. The third kappa shape index (κ3) is 2.99. The van der Waals surface area contributed by atoms with Gasteiger partial charge >= 0.3 is 12.2 Å². The Kier molecular flexibility index (Phi) is 3.83. The monoisotopic (exact) mass is 377 g/mol. The van der Waals surface area contributed by atoms with Crippen LogP contribution in [0.5, 0.6) is 0 Å². The average molecular weight is 377 g/mol. The van der Waals surface area contributed by atoms with Crippen LogP contribution in [0.15, 0.2) is 42.7 Å². The van der Waals surface area contributed by atoms with Gasteiger partial charge in [0, 0.05) is 35.2 Å². The summed E-state index contributed by atoms with van der Waals surface area (Å²) in [4.78, 5) is 21.9. The van der Waals surface area contributed by atoms with Gasteiger partial charge in [0.25, 0.3) is 0 Å². The van der Waals surface area contributed by atoms with Crippen LogP contribution in [0.2, 0.25) is 0 Å². The molecule has 0 aliphatic carbocycles. The fraction of sp³-hybridized carbons (Fsp3) is 0.125. The Balaban J connectivity index is 1.62. The average Bonchev–Trinajstić information content (AvgIpc) is 3.10. The summed E-state index contributed by atoms with van der Waals surface area (Å²) in [5.74, 6) is 0.457. The summed E-state index contributed by atoms with van der Waals surface area (Å²) in [6, 6.07) is 6.24. The van der Waals surface area contributed by atoms with E-state index in [1.807, 2.05) is 0 Å². The number of urea groups is 1. The van der Waals surface area contributed by atoms with E-state index in [4.69, 9.17) is 0 Å². The highest BCUT2D eigenvalue weighted by Crippen LogP contribution is 2.35. The number of halogens is 3. The number of carbonyl (C=O) groups is 1. The highest BCUT2D eigenvalue weighted by atomic mass is 32.1. The van der Waals surface area contributed by atoms with Crippen molar-refractivity contribution < 1.29 is 18.0 Å². The van der Waals surface area contributed by atoms with Gasteiger partial charge in [-0.1, -0.05) is 6.07 Å². The molecule has 0 spiro atoms. The summed E-state index contributed by atoms with van der Waals surface area (Å²) in [5, 5.41) is 2.85. The van der Waals surface area contributed by atoms with Gasteiger partial charge in [0.15, 0.2) is 5.82 Å². The quantitative estimate of drug-likeness (QED) is 0.728. The number of hydrogen-bond donors (Lipinski definition) is 1. The first-order valence-electron chi connectivity index (χ1n) is 7.44. The minimum atomic E-state index is -4.46. The Morgan fingerprint density at radius 2 is 1.92 bits per heavy atom. The third-order valence-electron chi connectivity index (χ3n) is 3.84. The first-order valence-corrected chi connectivity index (χ1v) is 8.22. The number of fused-ring (bicyclic) bond motifs is 1. The Bertz CT molecular complexity index is 974. The van der Waals surface area contributed by atoms with Crippen molar-refractivity contribution in [1.29, 1.82) is 0 Å². The van der Waals surface area contributed by atoms with E-state index in [9.17, 15) is 18.0 Å². The molecule has 0 fully saturated rings. The van der Waals surface area contributed by atoms with E-state index in [0.717, 1.165) is 29.2 Å². The van der Waals surface area contributed by atoms with Crippen LogP contribution >= 0.6 is 11.5 Å². The molecule has 0 unspecified atom stereocenters. The minimum Gasteiger partial charge on any atom is -0.307 e. The fourth-order valence-electron chi connectivity index (χ4n) is 2.53. The van der Waals surface area contributed by atoms with Crippen LogP contribution < -0.4 is 10.2 Å². The van der Waals surface area contributed by atoms with Crippen LogP contribution in [0.25, 0.3) is 11.4 Å². The number of rotatable bonds is 2. The van der Waals surface area contributed by atoms with Gasteiger partial charge in [-0.15, -0.1) is 0 Å². The molecule has 3 aromatic rings. The van der Waals surface area contributed by atoms with Gasteiger partial charge in [0.1, 0.15) is 0 Å². The molecule has 0 radical (unpaired) electrons. The molecule has 10 heteroatoms. The largest absolute Gasteiger partial charge is 0.416 e. The number of alkyl halides is 3. The smallest absolute Gasteiger partial charge is 0.307 e. The Labute approximate surface area is 149 Å². The Morgan fingerprint density at radius 1 is 1.15 bits per heavy atom. The summed E-state index contributed by atoms with van der Waals surface area (Å²) in [6.07, 6.45) is -1.24. The normalized spacial score (nSPS) is 14.1. The summed E-state index contributed by atoms with van der Waals surface area (Å²) in [6.45, 7) is 0.115. The number of aromatic nitrogens is 3. The van der Waals surface area contributed by atoms with Crippen molar-refractivity contribution >= 4 is 28.4 Å². The second-order valence-corrected chi connectivity index (χ2v) is 6.25. The number of pyridine rings is 1. The predicted molar refractivity (Wildman–Crippen MR) is 89.8 cm³/mol. The lowest BCUT2D eigenvalue weighted by Crippen LogP contribution is -2.38. The van der Waals surface area contributed by atoms with Gasteiger partial charge in [-0.25, -0.2) is 4.79 Å². The summed E-state index contributed by atoms with van der Waals surface area (Å²) in [5.41, 5.74) is 0.675. The summed E-state index contributed by atoms with van der Waals surface area (Å²) >= 11 is 1.04. The number of carbonyl (C=O) groups excluding carboxylic acids is 1. The van der Waals surface area contributed by atoms with E-state index in [0.29, 0.717) is 16.5 Å². The maximum absolute atomic E-state index is 12.8. The van der Waals surface area contributed by atoms with E-state index in [2.05, 4.69) is 19.7 Å². The molecular formula is C16H10F3N5OS. The number of anilines is 2. The van der Waals surface area contributed by atoms with Crippen molar-refractivity contribution in [2.45, 2.75) is 12.7 Å². The van der Waals surface area contributed by atoms with Crippen LogP contribution in [0.1, 0.15) is 11.1 Å². The van der Waals surface area contributed by atoms with Gasteiger partial charge < -0.3 is 5.32 Å². The van der Waals surface area contributed by atoms with Crippen molar-refractivity contribution in [3.05, 3.63) is 53.9 Å². The predicted octanol–water partition coefficient (Wildman–Crippen LogP) is 4.17. The highest BCUT2D eigenvalue weighted by Gasteiger charge is 2.33. The number of nitrogens with one attached hydrogen (secondary N) is 1. The van der Waals surface area contributed by atoms with Crippen LogP contribution in [0.3, 0.4) is 0 Å².